The standard InChI is InChI=1S/C15H17BrN4O/c16-12-13(10-5-2-1-3-6-10)18-19-14(12)15(21)20-8-4-7-11(17)9-20/h1-3,5-6,11H,4,7-9,17H2,(H,18,19)/t11-/m1/s1. The average Bonchev–Trinajstić information content (AvgIpc) is 2.89. The van der Waals surface area contributed by atoms with Gasteiger partial charge in [0.25, 0.3) is 5.91 Å². The third-order valence-corrected chi connectivity index (χ3v) is 4.49. The zero-order valence-corrected chi connectivity index (χ0v) is 13.1. The van der Waals surface area contributed by atoms with Crippen LogP contribution in [0, 0.1) is 0 Å². The van der Waals surface area contributed by atoms with Crippen LogP contribution in [-0.4, -0.2) is 40.1 Å². The monoisotopic (exact) mass is 348 g/mol. The SMILES string of the molecule is N[C@@H]1CCCN(C(=O)c2[nH]nc(-c3ccccc3)c2Br)C1. The molecule has 2 aromatic rings. The van der Waals surface area contributed by atoms with Crippen LogP contribution in [0.5, 0.6) is 0 Å². The Labute approximate surface area is 131 Å². The molecule has 1 aliphatic rings. The molecule has 3 N–H and O–H groups in total. The first-order chi connectivity index (χ1) is 10.2. The molecule has 2 heterocycles. The predicted molar refractivity (Wildman–Crippen MR) is 84.8 cm³/mol. The molecule has 1 fully saturated rings. The van der Waals surface area contributed by atoms with Crippen molar-refractivity contribution in [3.05, 3.63) is 40.5 Å². The molecule has 0 aliphatic carbocycles. The number of halogens is 1. The highest BCUT2D eigenvalue weighted by Gasteiger charge is 2.26. The van der Waals surface area contributed by atoms with E-state index in [1.807, 2.05) is 30.3 Å². The Morgan fingerprint density at radius 3 is 2.86 bits per heavy atom. The van der Waals surface area contributed by atoms with Gasteiger partial charge in [0.1, 0.15) is 11.4 Å². The number of nitrogens with one attached hydrogen (secondary N) is 1. The van der Waals surface area contributed by atoms with Crippen molar-refractivity contribution >= 4 is 21.8 Å². The largest absolute Gasteiger partial charge is 0.336 e. The summed E-state index contributed by atoms with van der Waals surface area (Å²) in [6.07, 6.45) is 1.92. The van der Waals surface area contributed by atoms with Crippen LogP contribution < -0.4 is 5.73 Å². The van der Waals surface area contributed by atoms with Crippen molar-refractivity contribution in [2.75, 3.05) is 13.1 Å². The summed E-state index contributed by atoms with van der Waals surface area (Å²) in [6, 6.07) is 9.84. The number of amides is 1. The van der Waals surface area contributed by atoms with Crippen LogP contribution in [0.2, 0.25) is 0 Å². The Morgan fingerprint density at radius 1 is 1.38 bits per heavy atom. The summed E-state index contributed by atoms with van der Waals surface area (Å²) < 4.78 is 0.706. The summed E-state index contributed by atoms with van der Waals surface area (Å²) in [6.45, 7) is 1.35. The highest BCUT2D eigenvalue weighted by molar-refractivity contribution is 9.10. The topological polar surface area (TPSA) is 75.0 Å². The quantitative estimate of drug-likeness (QED) is 0.874. The van der Waals surface area contributed by atoms with Crippen molar-refractivity contribution in [2.24, 2.45) is 5.73 Å². The second kappa shape index (κ2) is 5.99. The van der Waals surface area contributed by atoms with Gasteiger partial charge in [0.15, 0.2) is 0 Å². The summed E-state index contributed by atoms with van der Waals surface area (Å²) in [7, 11) is 0. The molecule has 1 aromatic carbocycles. The summed E-state index contributed by atoms with van der Waals surface area (Å²) in [5.74, 6) is -0.0493. The molecule has 1 aromatic heterocycles. The Kier molecular flexibility index (Phi) is 4.07. The Hall–Kier alpha value is -1.66. The Morgan fingerprint density at radius 2 is 2.14 bits per heavy atom. The van der Waals surface area contributed by atoms with Gasteiger partial charge in [-0.1, -0.05) is 30.3 Å². The summed E-state index contributed by atoms with van der Waals surface area (Å²) in [4.78, 5) is 14.4. The number of aromatic amines is 1. The van der Waals surface area contributed by atoms with E-state index in [1.54, 1.807) is 4.90 Å². The van der Waals surface area contributed by atoms with Gasteiger partial charge in [-0.15, -0.1) is 0 Å². The van der Waals surface area contributed by atoms with E-state index < -0.39 is 0 Å². The second-order valence-corrected chi connectivity index (χ2v) is 6.07. The number of aromatic nitrogens is 2. The minimum Gasteiger partial charge on any atom is -0.336 e. The fourth-order valence-electron chi connectivity index (χ4n) is 2.61. The van der Waals surface area contributed by atoms with Crippen LogP contribution in [0.15, 0.2) is 34.8 Å². The van der Waals surface area contributed by atoms with Gasteiger partial charge in [-0.3, -0.25) is 9.89 Å². The molecular weight excluding hydrogens is 332 g/mol. The maximum absolute atomic E-state index is 12.6. The summed E-state index contributed by atoms with van der Waals surface area (Å²) >= 11 is 3.50. The number of nitrogens with two attached hydrogens (primary N) is 1. The van der Waals surface area contributed by atoms with E-state index >= 15 is 0 Å². The van der Waals surface area contributed by atoms with E-state index in [0.717, 1.165) is 30.6 Å². The van der Waals surface area contributed by atoms with Gasteiger partial charge in [0.05, 0.1) is 4.47 Å². The van der Waals surface area contributed by atoms with E-state index in [4.69, 9.17) is 5.73 Å². The van der Waals surface area contributed by atoms with Crippen LogP contribution in [0.25, 0.3) is 11.3 Å². The summed E-state index contributed by atoms with van der Waals surface area (Å²) in [5.41, 5.74) is 8.15. The number of rotatable bonds is 2. The van der Waals surface area contributed by atoms with Gasteiger partial charge in [0, 0.05) is 24.7 Å². The third kappa shape index (κ3) is 2.87. The maximum atomic E-state index is 12.6. The van der Waals surface area contributed by atoms with Crippen molar-refractivity contribution in [2.45, 2.75) is 18.9 Å². The van der Waals surface area contributed by atoms with Crippen molar-refractivity contribution in [3.63, 3.8) is 0 Å². The van der Waals surface area contributed by atoms with Crippen molar-refractivity contribution in [1.82, 2.24) is 15.1 Å². The van der Waals surface area contributed by atoms with Crippen LogP contribution >= 0.6 is 15.9 Å². The molecule has 0 unspecified atom stereocenters. The maximum Gasteiger partial charge on any atom is 0.273 e. The lowest BCUT2D eigenvalue weighted by atomic mass is 10.1. The lowest BCUT2D eigenvalue weighted by Crippen LogP contribution is -2.45. The van der Waals surface area contributed by atoms with Gasteiger partial charge in [-0.2, -0.15) is 5.10 Å². The third-order valence-electron chi connectivity index (χ3n) is 3.71. The first-order valence-electron chi connectivity index (χ1n) is 7.01. The number of hydrogen-bond acceptors (Lipinski definition) is 3. The minimum absolute atomic E-state index is 0.0493. The number of H-pyrrole nitrogens is 1. The van der Waals surface area contributed by atoms with E-state index in [9.17, 15) is 4.79 Å². The molecule has 21 heavy (non-hydrogen) atoms. The lowest BCUT2D eigenvalue weighted by Gasteiger charge is -2.30. The molecule has 0 bridgehead atoms. The van der Waals surface area contributed by atoms with Crippen LogP contribution in [-0.2, 0) is 0 Å². The molecule has 0 spiro atoms. The number of carbonyl (C=O) groups is 1. The molecule has 110 valence electrons. The van der Waals surface area contributed by atoms with E-state index in [1.165, 1.54) is 0 Å². The number of piperidine rings is 1. The van der Waals surface area contributed by atoms with Crippen LogP contribution in [0.4, 0.5) is 0 Å². The molecular formula is C15H17BrN4O. The highest BCUT2D eigenvalue weighted by Crippen LogP contribution is 2.29. The predicted octanol–water partition coefficient (Wildman–Crippen LogP) is 2.40. The number of hydrogen-bond donors (Lipinski definition) is 2. The molecule has 0 saturated carbocycles. The fourth-order valence-corrected chi connectivity index (χ4v) is 3.19. The number of carbonyl (C=O) groups excluding carboxylic acids is 1. The lowest BCUT2D eigenvalue weighted by molar-refractivity contribution is 0.0702. The van der Waals surface area contributed by atoms with Gasteiger partial charge in [-0.25, -0.2) is 0 Å². The molecule has 6 heteroatoms. The van der Waals surface area contributed by atoms with Crippen LogP contribution in [0.3, 0.4) is 0 Å². The number of likely N-dealkylation sites (tertiary alicyclic amines) is 1. The number of benzene rings is 1. The molecule has 0 radical (unpaired) electrons. The first-order valence-corrected chi connectivity index (χ1v) is 7.80. The van der Waals surface area contributed by atoms with Crippen LogP contribution in [0.1, 0.15) is 23.3 Å². The zero-order chi connectivity index (χ0) is 14.8. The van der Waals surface area contributed by atoms with Gasteiger partial charge < -0.3 is 10.6 Å². The molecule has 1 amide bonds. The van der Waals surface area contributed by atoms with E-state index in [0.29, 0.717) is 16.7 Å². The number of nitrogens with zero attached hydrogens (tertiary/aromatic N) is 2. The first kappa shape index (κ1) is 14.3. The zero-order valence-electron chi connectivity index (χ0n) is 11.6. The summed E-state index contributed by atoms with van der Waals surface area (Å²) in [5, 5.41) is 7.13. The Bertz CT molecular complexity index is 640. The van der Waals surface area contributed by atoms with Crippen molar-refractivity contribution in [3.8, 4) is 11.3 Å². The molecule has 3 rings (SSSR count). The molecule has 1 atom stereocenters. The van der Waals surface area contributed by atoms with E-state index in [2.05, 4.69) is 26.1 Å². The van der Waals surface area contributed by atoms with Gasteiger partial charge in [-0.05, 0) is 28.8 Å². The van der Waals surface area contributed by atoms with Gasteiger partial charge in [0.2, 0.25) is 0 Å². The van der Waals surface area contributed by atoms with Crippen molar-refractivity contribution < 1.29 is 4.79 Å². The second-order valence-electron chi connectivity index (χ2n) is 5.28. The minimum atomic E-state index is -0.0493. The Balaban J connectivity index is 1.87. The molecule has 5 nitrogen and oxygen atoms in total. The van der Waals surface area contributed by atoms with E-state index in [-0.39, 0.29) is 11.9 Å². The highest BCUT2D eigenvalue weighted by atomic mass is 79.9. The fraction of sp³-hybridized carbons (Fsp3) is 0.333. The molecule has 1 saturated heterocycles. The molecule has 1 aliphatic heterocycles. The normalized spacial score (nSPS) is 18.8. The van der Waals surface area contributed by atoms with Crippen molar-refractivity contribution in [1.29, 1.82) is 0 Å². The van der Waals surface area contributed by atoms with Gasteiger partial charge >= 0.3 is 0 Å². The smallest absolute Gasteiger partial charge is 0.273 e. The average molecular weight is 349 g/mol.